The molecule has 2 nitrogen and oxygen atoms in total. The monoisotopic (exact) mass is 231 g/mol. The molecule has 1 atom stereocenters. The van der Waals surface area contributed by atoms with Gasteiger partial charge in [0.05, 0.1) is 18.8 Å². The highest BCUT2D eigenvalue weighted by Gasteiger charge is 2.22. The lowest BCUT2D eigenvalue weighted by atomic mass is 10.1. The summed E-state index contributed by atoms with van der Waals surface area (Å²) >= 11 is 1.85. The molecule has 0 bridgehead atoms. The van der Waals surface area contributed by atoms with E-state index < -0.39 is 0 Å². The van der Waals surface area contributed by atoms with Gasteiger partial charge in [0.15, 0.2) is 0 Å². The van der Waals surface area contributed by atoms with Crippen molar-refractivity contribution in [2.45, 2.75) is 17.4 Å². The van der Waals surface area contributed by atoms with Gasteiger partial charge in [0.25, 0.3) is 0 Å². The minimum atomic E-state index is 0.346. The van der Waals surface area contributed by atoms with Crippen LogP contribution in [-0.4, -0.2) is 13.2 Å². The molecule has 0 saturated carbocycles. The quantitative estimate of drug-likeness (QED) is 0.748. The van der Waals surface area contributed by atoms with Crippen LogP contribution < -0.4 is 10.1 Å². The van der Waals surface area contributed by atoms with Crippen LogP contribution in [0.2, 0.25) is 0 Å². The summed E-state index contributed by atoms with van der Waals surface area (Å²) in [5.74, 6) is 0.902. The van der Waals surface area contributed by atoms with Crippen molar-refractivity contribution in [1.29, 1.82) is 0 Å². The summed E-state index contributed by atoms with van der Waals surface area (Å²) < 4.78 is 5.23. The first-order valence-corrected chi connectivity index (χ1v) is 6.17. The van der Waals surface area contributed by atoms with Gasteiger partial charge in [0.2, 0.25) is 0 Å². The standard InChI is InChI=1S/C13H13NOS/c1-15-9-6-7-13-11(8-9)14-10-4-2-3-5-12(10)16-13/h2,4-8,10,14H,3H2,1H3. The second kappa shape index (κ2) is 3.91. The van der Waals surface area contributed by atoms with Crippen LogP contribution in [0.4, 0.5) is 5.69 Å². The Hall–Kier alpha value is -1.35. The van der Waals surface area contributed by atoms with E-state index in [0.717, 1.165) is 17.9 Å². The fourth-order valence-corrected chi connectivity index (χ4v) is 3.04. The van der Waals surface area contributed by atoms with Crippen molar-refractivity contribution < 1.29 is 4.74 Å². The Morgan fingerprint density at radius 3 is 3.25 bits per heavy atom. The Kier molecular flexibility index (Phi) is 2.40. The number of anilines is 1. The van der Waals surface area contributed by atoms with Crippen molar-refractivity contribution >= 4 is 17.4 Å². The number of allylic oxidation sites excluding steroid dienone is 2. The molecule has 82 valence electrons. The highest BCUT2D eigenvalue weighted by molar-refractivity contribution is 8.03. The average molecular weight is 231 g/mol. The van der Waals surface area contributed by atoms with Crippen molar-refractivity contribution in [3.8, 4) is 5.75 Å². The zero-order valence-corrected chi connectivity index (χ0v) is 9.88. The van der Waals surface area contributed by atoms with Gasteiger partial charge in [-0.05, 0) is 18.6 Å². The normalized spacial score (nSPS) is 21.6. The van der Waals surface area contributed by atoms with Gasteiger partial charge in [-0.3, -0.25) is 0 Å². The fraction of sp³-hybridized carbons (Fsp3) is 0.231. The Labute approximate surface area is 99.4 Å². The molecule has 1 aromatic carbocycles. The molecule has 1 aliphatic carbocycles. The van der Waals surface area contributed by atoms with E-state index in [0.29, 0.717) is 6.04 Å². The van der Waals surface area contributed by atoms with Crippen LogP contribution in [-0.2, 0) is 0 Å². The number of hydrogen-bond donors (Lipinski definition) is 1. The molecule has 1 heterocycles. The van der Waals surface area contributed by atoms with E-state index in [2.05, 4.69) is 35.7 Å². The number of fused-ring (bicyclic) bond motifs is 2. The minimum absolute atomic E-state index is 0.346. The maximum atomic E-state index is 5.23. The van der Waals surface area contributed by atoms with Crippen LogP contribution in [0.3, 0.4) is 0 Å². The Bertz CT molecular complexity index is 479. The lowest BCUT2D eigenvalue weighted by Crippen LogP contribution is -2.23. The SMILES string of the molecule is COc1ccc2c(c1)NC1C=CCC=C1S2. The van der Waals surface area contributed by atoms with Crippen molar-refractivity contribution in [3.63, 3.8) is 0 Å². The number of methoxy groups -OCH3 is 1. The summed E-state index contributed by atoms with van der Waals surface area (Å²) in [4.78, 5) is 2.68. The lowest BCUT2D eigenvalue weighted by molar-refractivity contribution is 0.414. The van der Waals surface area contributed by atoms with E-state index in [1.54, 1.807) is 7.11 Å². The third-order valence-electron chi connectivity index (χ3n) is 2.82. The van der Waals surface area contributed by atoms with Gasteiger partial charge in [-0.25, -0.2) is 0 Å². The zero-order valence-electron chi connectivity index (χ0n) is 9.07. The van der Waals surface area contributed by atoms with Crippen LogP contribution in [0, 0.1) is 0 Å². The number of benzene rings is 1. The predicted octanol–water partition coefficient (Wildman–Crippen LogP) is 3.43. The molecule has 1 aliphatic heterocycles. The van der Waals surface area contributed by atoms with Gasteiger partial charge in [0.1, 0.15) is 5.75 Å². The third kappa shape index (κ3) is 1.61. The first-order valence-electron chi connectivity index (χ1n) is 5.36. The highest BCUT2D eigenvalue weighted by Crippen LogP contribution is 2.43. The van der Waals surface area contributed by atoms with Crippen molar-refractivity contribution in [2.24, 2.45) is 0 Å². The van der Waals surface area contributed by atoms with Gasteiger partial charge in [-0.1, -0.05) is 30.0 Å². The Balaban J connectivity index is 1.99. The largest absolute Gasteiger partial charge is 0.497 e. The van der Waals surface area contributed by atoms with Crippen molar-refractivity contribution in [2.75, 3.05) is 12.4 Å². The van der Waals surface area contributed by atoms with Crippen molar-refractivity contribution in [3.05, 3.63) is 41.3 Å². The van der Waals surface area contributed by atoms with E-state index in [1.807, 2.05) is 17.8 Å². The lowest BCUT2D eigenvalue weighted by Gasteiger charge is -2.29. The van der Waals surface area contributed by atoms with Crippen LogP contribution in [0.5, 0.6) is 5.75 Å². The van der Waals surface area contributed by atoms with Gasteiger partial charge >= 0.3 is 0 Å². The molecule has 0 spiro atoms. The van der Waals surface area contributed by atoms with E-state index in [1.165, 1.54) is 9.80 Å². The van der Waals surface area contributed by atoms with Crippen molar-refractivity contribution in [1.82, 2.24) is 0 Å². The zero-order chi connectivity index (χ0) is 11.0. The molecular weight excluding hydrogens is 218 g/mol. The Morgan fingerprint density at radius 2 is 2.38 bits per heavy atom. The molecule has 16 heavy (non-hydrogen) atoms. The van der Waals surface area contributed by atoms with Crippen LogP contribution in [0.1, 0.15) is 6.42 Å². The molecule has 0 radical (unpaired) electrons. The first kappa shape index (κ1) is 9.85. The predicted molar refractivity (Wildman–Crippen MR) is 68.1 cm³/mol. The Morgan fingerprint density at radius 1 is 1.44 bits per heavy atom. The summed E-state index contributed by atoms with van der Waals surface area (Å²) in [5.41, 5.74) is 1.16. The maximum Gasteiger partial charge on any atom is 0.121 e. The molecule has 2 aliphatic rings. The molecule has 0 saturated heterocycles. The van der Waals surface area contributed by atoms with Gasteiger partial charge in [-0.2, -0.15) is 0 Å². The number of hydrogen-bond acceptors (Lipinski definition) is 3. The molecule has 0 aromatic heterocycles. The molecule has 1 N–H and O–H groups in total. The summed E-state index contributed by atoms with van der Waals surface area (Å²) in [6.45, 7) is 0. The molecule has 1 unspecified atom stereocenters. The summed E-state index contributed by atoms with van der Waals surface area (Å²) in [6, 6.07) is 6.52. The summed E-state index contributed by atoms with van der Waals surface area (Å²) in [7, 11) is 1.70. The smallest absolute Gasteiger partial charge is 0.121 e. The van der Waals surface area contributed by atoms with E-state index in [-0.39, 0.29) is 0 Å². The number of ether oxygens (including phenoxy) is 1. The van der Waals surface area contributed by atoms with Crippen LogP contribution >= 0.6 is 11.8 Å². The number of rotatable bonds is 1. The second-order valence-corrected chi connectivity index (χ2v) is 4.97. The summed E-state index contributed by atoms with van der Waals surface area (Å²) in [5, 5.41) is 3.52. The summed E-state index contributed by atoms with van der Waals surface area (Å²) in [6.07, 6.45) is 7.76. The molecule has 3 rings (SSSR count). The number of thioether (sulfide) groups is 1. The van der Waals surface area contributed by atoms with E-state index in [4.69, 9.17) is 4.74 Å². The molecule has 3 heteroatoms. The molecule has 0 fully saturated rings. The molecule has 0 amide bonds. The topological polar surface area (TPSA) is 21.3 Å². The first-order chi connectivity index (χ1) is 7.86. The average Bonchev–Trinajstić information content (AvgIpc) is 2.35. The van der Waals surface area contributed by atoms with Gasteiger partial charge < -0.3 is 10.1 Å². The van der Waals surface area contributed by atoms with E-state index in [9.17, 15) is 0 Å². The minimum Gasteiger partial charge on any atom is -0.497 e. The third-order valence-corrected chi connectivity index (χ3v) is 4.05. The van der Waals surface area contributed by atoms with Gasteiger partial charge in [-0.15, -0.1) is 0 Å². The fourth-order valence-electron chi connectivity index (χ4n) is 1.98. The number of nitrogens with one attached hydrogen (secondary N) is 1. The van der Waals surface area contributed by atoms with E-state index >= 15 is 0 Å². The second-order valence-electron chi connectivity index (χ2n) is 3.86. The van der Waals surface area contributed by atoms with Crippen LogP contribution in [0.15, 0.2) is 46.2 Å². The van der Waals surface area contributed by atoms with Gasteiger partial charge in [0, 0.05) is 15.9 Å². The highest BCUT2D eigenvalue weighted by atomic mass is 32.2. The molecular formula is C13H13NOS. The molecule has 1 aromatic rings. The maximum absolute atomic E-state index is 5.23. The van der Waals surface area contributed by atoms with Crippen LogP contribution in [0.25, 0.3) is 0 Å².